The van der Waals surface area contributed by atoms with E-state index in [1.165, 1.54) is 16.5 Å². The number of rotatable bonds is 4. The second-order valence-electron chi connectivity index (χ2n) is 4.57. The van der Waals surface area contributed by atoms with Crippen LogP contribution in [0, 0.1) is 0 Å². The molecule has 98 valence electrons. The van der Waals surface area contributed by atoms with Gasteiger partial charge in [-0.1, -0.05) is 0 Å². The van der Waals surface area contributed by atoms with Crippen molar-refractivity contribution in [1.29, 1.82) is 0 Å². The molecule has 0 N–H and O–H groups in total. The van der Waals surface area contributed by atoms with Gasteiger partial charge in [-0.2, -0.15) is 5.10 Å². The first-order valence-electron chi connectivity index (χ1n) is 6.44. The molecule has 0 atom stereocenters. The molecule has 0 bridgehead atoms. The lowest BCUT2D eigenvalue weighted by Crippen LogP contribution is -1.97. The van der Waals surface area contributed by atoms with Gasteiger partial charge in [0, 0.05) is 35.4 Å². The van der Waals surface area contributed by atoms with Crippen LogP contribution in [0.1, 0.15) is 12.5 Å². The lowest BCUT2D eigenvalue weighted by atomic mass is 10.2. The zero-order valence-corrected chi connectivity index (χ0v) is 11.2. The van der Waals surface area contributed by atoms with Crippen molar-refractivity contribution in [2.75, 3.05) is 7.11 Å². The highest BCUT2D eigenvalue weighted by atomic mass is 16.5. The number of hydrogen-bond donors (Lipinski definition) is 0. The highest BCUT2D eigenvalue weighted by molar-refractivity contribution is 5.81. The Bertz CT molecular complexity index is 696. The molecule has 0 spiro atoms. The number of hydrogen-bond acceptors (Lipinski definition) is 2. The molecular formula is C15H17N3O. The molecule has 4 nitrogen and oxygen atoms in total. The summed E-state index contributed by atoms with van der Waals surface area (Å²) in [4.78, 5) is 0. The first-order valence-corrected chi connectivity index (χ1v) is 6.44. The van der Waals surface area contributed by atoms with Crippen molar-refractivity contribution in [1.82, 2.24) is 14.3 Å². The molecule has 2 heterocycles. The monoisotopic (exact) mass is 255 g/mol. The van der Waals surface area contributed by atoms with Gasteiger partial charge in [0.25, 0.3) is 0 Å². The topological polar surface area (TPSA) is 32.0 Å². The molecule has 1 aromatic carbocycles. The number of methoxy groups -OCH3 is 1. The van der Waals surface area contributed by atoms with Gasteiger partial charge in [-0.15, -0.1) is 0 Å². The van der Waals surface area contributed by atoms with Crippen LogP contribution in [-0.4, -0.2) is 21.5 Å². The first-order chi connectivity index (χ1) is 9.30. The van der Waals surface area contributed by atoms with E-state index in [0.717, 1.165) is 18.8 Å². The quantitative estimate of drug-likeness (QED) is 0.718. The van der Waals surface area contributed by atoms with E-state index < -0.39 is 0 Å². The van der Waals surface area contributed by atoms with E-state index in [1.807, 2.05) is 16.9 Å². The van der Waals surface area contributed by atoms with Crippen LogP contribution < -0.4 is 4.74 Å². The van der Waals surface area contributed by atoms with E-state index in [1.54, 1.807) is 7.11 Å². The summed E-state index contributed by atoms with van der Waals surface area (Å²) in [6.07, 6.45) is 6.13. The van der Waals surface area contributed by atoms with Crippen LogP contribution in [0.5, 0.6) is 5.75 Å². The molecule has 0 saturated carbocycles. The maximum atomic E-state index is 5.25. The highest BCUT2D eigenvalue weighted by Crippen LogP contribution is 2.22. The van der Waals surface area contributed by atoms with Crippen molar-refractivity contribution in [3.63, 3.8) is 0 Å². The van der Waals surface area contributed by atoms with Gasteiger partial charge >= 0.3 is 0 Å². The Morgan fingerprint density at radius 1 is 1.26 bits per heavy atom. The summed E-state index contributed by atoms with van der Waals surface area (Å²) in [6.45, 7) is 3.84. The molecule has 0 fully saturated rings. The van der Waals surface area contributed by atoms with E-state index >= 15 is 0 Å². The predicted octanol–water partition coefficient (Wildman–Crippen LogP) is 2.91. The SMILES string of the molecule is CCn1cc(Cn2ccc3cc(OC)ccc32)cn1. The summed E-state index contributed by atoms with van der Waals surface area (Å²) >= 11 is 0. The fourth-order valence-corrected chi connectivity index (χ4v) is 2.30. The van der Waals surface area contributed by atoms with Gasteiger partial charge in [-0.25, -0.2) is 0 Å². The number of aryl methyl sites for hydroxylation is 1. The molecule has 0 aliphatic carbocycles. The van der Waals surface area contributed by atoms with Gasteiger partial charge in [0.15, 0.2) is 0 Å². The summed E-state index contributed by atoms with van der Waals surface area (Å²) < 4.78 is 9.42. The van der Waals surface area contributed by atoms with Gasteiger partial charge in [0.2, 0.25) is 0 Å². The largest absolute Gasteiger partial charge is 0.497 e. The zero-order chi connectivity index (χ0) is 13.2. The Morgan fingerprint density at radius 2 is 2.16 bits per heavy atom. The van der Waals surface area contributed by atoms with Gasteiger partial charge in [0.05, 0.1) is 19.9 Å². The fourth-order valence-electron chi connectivity index (χ4n) is 2.30. The Morgan fingerprint density at radius 3 is 2.89 bits per heavy atom. The normalized spacial score (nSPS) is 11.1. The van der Waals surface area contributed by atoms with Crippen LogP contribution in [0.15, 0.2) is 42.9 Å². The van der Waals surface area contributed by atoms with Gasteiger partial charge in [-0.3, -0.25) is 4.68 Å². The average Bonchev–Trinajstić information content (AvgIpc) is 3.06. The summed E-state index contributed by atoms with van der Waals surface area (Å²) in [5.41, 5.74) is 2.43. The maximum Gasteiger partial charge on any atom is 0.119 e. The Kier molecular flexibility index (Phi) is 2.99. The molecule has 0 aliphatic heterocycles. The zero-order valence-electron chi connectivity index (χ0n) is 11.2. The minimum absolute atomic E-state index is 0.843. The molecule has 0 saturated heterocycles. The third-order valence-electron chi connectivity index (χ3n) is 3.34. The van der Waals surface area contributed by atoms with Crippen LogP contribution >= 0.6 is 0 Å². The van der Waals surface area contributed by atoms with Gasteiger partial charge in [-0.05, 0) is 31.2 Å². The first kappa shape index (κ1) is 11.8. The van der Waals surface area contributed by atoms with E-state index in [0.29, 0.717) is 0 Å². The second kappa shape index (κ2) is 4.80. The van der Waals surface area contributed by atoms with Crippen LogP contribution in [0.4, 0.5) is 0 Å². The van der Waals surface area contributed by atoms with Crippen LogP contribution in [0.2, 0.25) is 0 Å². The number of aromatic nitrogens is 3. The van der Waals surface area contributed by atoms with Crippen molar-refractivity contribution < 1.29 is 4.74 Å². The van der Waals surface area contributed by atoms with E-state index in [9.17, 15) is 0 Å². The lowest BCUT2D eigenvalue weighted by molar-refractivity contribution is 0.415. The van der Waals surface area contributed by atoms with Crippen LogP contribution in [0.25, 0.3) is 10.9 Å². The Balaban J connectivity index is 1.92. The number of fused-ring (bicyclic) bond motifs is 1. The third kappa shape index (κ3) is 2.21. The standard InChI is InChI=1S/C15H17N3O/c1-3-18-11-12(9-16-18)10-17-7-6-13-8-14(19-2)4-5-15(13)17/h4-9,11H,3,10H2,1-2H3. The second-order valence-corrected chi connectivity index (χ2v) is 4.57. The third-order valence-corrected chi connectivity index (χ3v) is 3.34. The molecule has 4 heteroatoms. The van der Waals surface area contributed by atoms with Crippen LogP contribution in [-0.2, 0) is 13.1 Å². The van der Waals surface area contributed by atoms with E-state index in [2.05, 4.69) is 47.2 Å². The number of nitrogens with zero attached hydrogens (tertiary/aromatic N) is 3. The van der Waals surface area contributed by atoms with E-state index in [-0.39, 0.29) is 0 Å². The molecule has 0 amide bonds. The molecule has 3 aromatic rings. The van der Waals surface area contributed by atoms with Crippen molar-refractivity contribution in [2.45, 2.75) is 20.0 Å². The summed E-state index contributed by atoms with van der Waals surface area (Å²) in [5, 5.41) is 5.50. The van der Waals surface area contributed by atoms with E-state index in [4.69, 9.17) is 4.74 Å². The number of ether oxygens (including phenoxy) is 1. The molecule has 0 radical (unpaired) electrons. The van der Waals surface area contributed by atoms with Crippen molar-refractivity contribution in [3.8, 4) is 5.75 Å². The highest BCUT2D eigenvalue weighted by Gasteiger charge is 2.04. The summed E-state index contributed by atoms with van der Waals surface area (Å²) in [6, 6.07) is 8.26. The minimum Gasteiger partial charge on any atom is -0.497 e. The Labute approximate surface area is 112 Å². The minimum atomic E-state index is 0.843. The van der Waals surface area contributed by atoms with Crippen molar-refractivity contribution in [2.24, 2.45) is 0 Å². The smallest absolute Gasteiger partial charge is 0.119 e. The molecule has 19 heavy (non-hydrogen) atoms. The van der Waals surface area contributed by atoms with Gasteiger partial charge < -0.3 is 9.30 Å². The Hall–Kier alpha value is -2.23. The van der Waals surface area contributed by atoms with Gasteiger partial charge in [0.1, 0.15) is 5.75 Å². The summed E-state index contributed by atoms with van der Waals surface area (Å²) in [5.74, 6) is 0.893. The predicted molar refractivity (Wildman–Crippen MR) is 75.5 cm³/mol. The molecule has 0 unspecified atom stereocenters. The van der Waals surface area contributed by atoms with Crippen LogP contribution in [0.3, 0.4) is 0 Å². The average molecular weight is 255 g/mol. The lowest BCUT2D eigenvalue weighted by Gasteiger charge is -2.04. The number of benzene rings is 1. The molecule has 3 rings (SSSR count). The molecular weight excluding hydrogens is 238 g/mol. The fraction of sp³-hybridized carbons (Fsp3) is 0.267. The van der Waals surface area contributed by atoms with Crippen molar-refractivity contribution in [3.05, 3.63) is 48.4 Å². The summed E-state index contributed by atoms with van der Waals surface area (Å²) in [7, 11) is 1.69. The molecule has 2 aromatic heterocycles. The van der Waals surface area contributed by atoms with Crippen molar-refractivity contribution >= 4 is 10.9 Å². The molecule has 0 aliphatic rings. The maximum absolute atomic E-state index is 5.25.